The van der Waals surface area contributed by atoms with Crippen LogP contribution in [0.15, 0.2) is 0 Å². The Labute approximate surface area is 115 Å². The second-order valence-electron chi connectivity index (χ2n) is 6.18. The number of aryl methyl sites for hydroxylation is 1. The summed E-state index contributed by atoms with van der Waals surface area (Å²) in [5.41, 5.74) is 8.24. The summed E-state index contributed by atoms with van der Waals surface area (Å²) >= 11 is 0. The van der Waals surface area contributed by atoms with Crippen LogP contribution in [0.25, 0.3) is 0 Å². The molecule has 1 aromatic heterocycles. The lowest BCUT2D eigenvalue weighted by molar-refractivity contribution is 0.328. The van der Waals surface area contributed by atoms with Crippen molar-refractivity contribution in [3.63, 3.8) is 0 Å². The Kier molecular flexibility index (Phi) is 4.18. The molecule has 3 N–H and O–H groups in total. The third-order valence-electron chi connectivity index (χ3n) is 3.87. The van der Waals surface area contributed by atoms with E-state index >= 15 is 0 Å². The van der Waals surface area contributed by atoms with Gasteiger partial charge in [0, 0.05) is 13.1 Å². The lowest BCUT2D eigenvalue weighted by Gasteiger charge is -2.36. The third kappa shape index (κ3) is 3.03. The number of nitrogen functional groups attached to an aromatic ring is 1. The fourth-order valence-electron chi connectivity index (χ4n) is 1.93. The summed E-state index contributed by atoms with van der Waals surface area (Å²) in [7, 11) is 1.97. The fraction of sp³-hybridized carbons (Fsp3) is 0.643. The number of amidine groups is 1. The standard InChI is InChI=1S/C14H25N5/c1-8-9(2)17-18-13(11(8)12(15)16)19(7)10(3)14(4,5)6/h10H,1-7H3,(H3,15,16). The zero-order valence-corrected chi connectivity index (χ0v) is 13.0. The maximum absolute atomic E-state index is 7.79. The Morgan fingerprint density at radius 1 is 1.26 bits per heavy atom. The van der Waals surface area contributed by atoms with E-state index in [0.29, 0.717) is 11.4 Å². The van der Waals surface area contributed by atoms with Crippen molar-refractivity contribution in [1.29, 1.82) is 5.41 Å². The van der Waals surface area contributed by atoms with Gasteiger partial charge >= 0.3 is 0 Å². The van der Waals surface area contributed by atoms with Crippen LogP contribution in [0.4, 0.5) is 5.82 Å². The van der Waals surface area contributed by atoms with Crippen molar-refractivity contribution in [2.75, 3.05) is 11.9 Å². The van der Waals surface area contributed by atoms with E-state index in [-0.39, 0.29) is 17.3 Å². The summed E-state index contributed by atoms with van der Waals surface area (Å²) in [6.07, 6.45) is 0. The smallest absolute Gasteiger partial charge is 0.162 e. The molecule has 0 saturated carbocycles. The molecule has 0 aliphatic heterocycles. The van der Waals surface area contributed by atoms with Crippen LogP contribution in [0.3, 0.4) is 0 Å². The second-order valence-corrected chi connectivity index (χ2v) is 6.18. The van der Waals surface area contributed by atoms with Crippen molar-refractivity contribution in [2.24, 2.45) is 11.1 Å². The maximum Gasteiger partial charge on any atom is 0.162 e. The first-order valence-corrected chi connectivity index (χ1v) is 6.48. The van der Waals surface area contributed by atoms with E-state index in [4.69, 9.17) is 11.1 Å². The predicted octanol–water partition coefficient (Wildman–Crippen LogP) is 2.25. The Balaban J connectivity index is 3.36. The van der Waals surface area contributed by atoms with Gasteiger partial charge in [0.05, 0.1) is 11.3 Å². The number of aromatic nitrogens is 2. The molecule has 0 aliphatic carbocycles. The molecular formula is C14H25N5. The molecule has 1 rings (SSSR count). The maximum atomic E-state index is 7.79. The highest BCUT2D eigenvalue weighted by Crippen LogP contribution is 2.29. The number of rotatable bonds is 3. The minimum absolute atomic E-state index is 0.0402. The number of anilines is 1. The average molecular weight is 263 g/mol. The molecule has 106 valence electrons. The minimum Gasteiger partial charge on any atom is -0.384 e. The van der Waals surface area contributed by atoms with Gasteiger partial charge in [-0.1, -0.05) is 20.8 Å². The summed E-state index contributed by atoms with van der Waals surface area (Å²) in [5, 5.41) is 16.2. The molecule has 19 heavy (non-hydrogen) atoms. The van der Waals surface area contributed by atoms with E-state index < -0.39 is 0 Å². The number of nitrogens with one attached hydrogen (secondary N) is 1. The van der Waals surface area contributed by atoms with Crippen molar-refractivity contribution in [3.05, 3.63) is 16.8 Å². The summed E-state index contributed by atoms with van der Waals surface area (Å²) < 4.78 is 0. The molecule has 0 bridgehead atoms. The number of nitrogens with two attached hydrogens (primary N) is 1. The molecule has 0 radical (unpaired) electrons. The molecule has 0 aliphatic rings. The van der Waals surface area contributed by atoms with E-state index in [9.17, 15) is 0 Å². The number of hydrogen-bond acceptors (Lipinski definition) is 4. The molecule has 5 nitrogen and oxygen atoms in total. The highest BCUT2D eigenvalue weighted by Gasteiger charge is 2.27. The zero-order valence-electron chi connectivity index (χ0n) is 13.0. The van der Waals surface area contributed by atoms with Crippen LogP contribution in [-0.4, -0.2) is 29.1 Å². The van der Waals surface area contributed by atoms with Gasteiger partial charge < -0.3 is 10.6 Å². The Morgan fingerprint density at radius 2 is 1.79 bits per heavy atom. The largest absolute Gasteiger partial charge is 0.384 e. The summed E-state index contributed by atoms with van der Waals surface area (Å²) in [6.45, 7) is 12.5. The molecule has 0 saturated heterocycles. The molecule has 1 unspecified atom stereocenters. The first-order valence-electron chi connectivity index (χ1n) is 6.48. The van der Waals surface area contributed by atoms with Crippen LogP contribution in [-0.2, 0) is 0 Å². The molecule has 5 heteroatoms. The summed E-state index contributed by atoms with van der Waals surface area (Å²) in [5.74, 6) is 0.719. The van der Waals surface area contributed by atoms with Crippen LogP contribution in [0.1, 0.15) is 44.5 Å². The van der Waals surface area contributed by atoms with Gasteiger partial charge in [0.1, 0.15) is 5.84 Å². The molecule has 0 fully saturated rings. The van der Waals surface area contributed by atoms with Crippen molar-refractivity contribution < 1.29 is 0 Å². The third-order valence-corrected chi connectivity index (χ3v) is 3.87. The predicted molar refractivity (Wildman–Crippen MR) is 79.8 cm³/mol. The molecule has 1 aromatic rings. The quantitative estimate of drug-likeness (QED) is 0.647. The monoisotopic (exact) mass is 263 g/mol. The molecule has 1 atom stereocenters. The van der Waals surface area contributed by atoms with Gasteiger partial charge in [0.2, 0.25) is 0 Å². The highest BCUT2D eigenvalue weighted by atomic mass is 15.3. The van der Waals surface area contributed by atoms with E-state index in [1.807, 2.05) is 20.9 Å². The SMILES string of the molecule is Cc1nnc(N(C)C(C)C(C)(C)C)c(C(=N)N)c1C. The zero-order chi connectivity index (χ0) is 15.0. The van der Waals surface area contributed by atoms with Gasteiger partial charge in [-0.15, -0.1) is 5.10 Å². The summed E-state index contributed by atoms with van der Waals surface area (Å²) in [6, 6.07) is 0.252. The first-order chi connectivity index (χ1) is 8.57. The Morgan fingerprint density at radius 3 is 2.21 bits per heavy atom. The normalized spacial score (nSPS) is 13.2. The fourth-order valence-corrected chi connectivity index (χ4v) is 1.93. The van der Waals surface area contributed by atoms with Gasteiger partial charge in [0.15, 0.2) is 5.82 Å². The van der Waals surface area contributed by atoms with Crippen molar-refractivity contribution in [1.82, 2.24) is 10.2 Å². The van der Waals surface area contributed by atoms with Crippen LogP contribution in [0.2, 0.25) is 0 Å². The van der Waals surface area contributed by atoms with E-state index in [1.165, 1.54) is 0 Å². The van der Waals surface area contributed by atoms with E-state index in [0.717, 1.165) is 11.3 Å². The van der Waals surface area contributed by atoms with Crippen molar-refractivity contribution in [3.8, 4) is 0 Å². The Hall–Kier alpha value is -1.65. The molecule has 0 amide bonds. The van der Waals surface area contributed by atoms with E-state index in [2.05, 4.69) is 42.8 Å². The first kappa shape index (κ1) is 15.4. The van der Waals surface area contributed by atoms with Gasteiger partial charge in [-0.2, -0.15) is 5.10 Å². The van der Waals surface area contributed by atoms with Gasteiger partial charge in [-0.05, 0) is 31.7 Å². The molecule has 1 heterocycles. The number of nitrogens with zero attached hydrogens (tertiary/aromatic N) is 3. The lowest BCUT2D eigenvalue weighted by Crippen LogP contribution is -2.41. The molecule has 0 aromatic carbocycles. The van der Waals surface area contributed by atoms with Crippen LogP contribution < -0.4 is 10.6 Å². The van der Waals surface area contributed by atoms with Crippen molar-refractivity contribution in [2.45, 2.75) is 47.6 Å². The van der Waals surface area contributed by atoms with E-state index in [1.54, 1.807) is 0 Å². The van der Waals surface area contributed by atoms with Crippen LogP contribution >= 0.6 is 0 Å². The van der Waals surface area contributed by atoms with Crippen LogP contribution in [0.5, 0.6) is 0 Å². The number of hydrogen-bond donors (Lipinski definition) is 2. The van der Waals surface area contributed by atoms with Gasteiger partial charge in [-0.3, -0.25) is 5.41 Å². The Bertz CT molecular complexity index is 487. The average Bonchev–Trinajstić information content (AvgIpc) is 2.28. The van der Waals surface area contributed by atoms with Crippen molar-refractivity contribution >= 4 is 11.7 Å². The van der Waals surface area contributed by atoms with Crippen LogP contribution in [0, 0.1) is 24.7 Å². The molecular weight excluding hydrogens is 238 g/mol. The van der Waals surface area contributed by atoms with Gasteiger partial charge in [-0.25, -0.2) is 0 Å². The topological polar surface area (TPSA) is 78.9 Å². The lowest BCUT2D eigenvalue weighted by atomic mass is 9.87. The second kappa shape index (κ2) is 5.15. The molecule has 0 spiro atoms. The highest BCUT2D eigenvalue weighted by molar-refractivity contribution is 6.01. The summed E-state index contributed by atoms with van der Waals surface area (Å²) in [4.78, 5) is 2.05. The van der Waals surface area contributed by atoms with Gasteiger partial charge in [0.25, 0.3) is 0 Å². The minimum atomic E-state index is 0.0402.